The van der Waals surface area contributed by atoms with Gasteiger partial charge in [-0.15, -0.1) is 0 Å². The summed E-state index contributed by atoms with van der Waals surface area (Å²) in [6.45, 7) is 12.0. The van der Waals surface area contributed by atoms with Crippen molar-refractivity contribution in [1.29, 1.82) is 5.26 Å². The van der Waals surface area contributed by atoms with E-state index in [0.717, 1.165) is 178 Å². The maximum absolute atomic E-state index is 11.7. The number of anilines is 5. The second-order valence-electron chi connectivity index (χ2n) is 24.1. The van der Waals surface area contributed by atoms with Crippen LogP contribution in [0.15, 0.2) is 73.3 Å². The molecule has 0 aromatic carbocycles. The number of aromatic nitrogens is 4. The fraction of sp³-hybridized carbons (Fsp3) is 0.593. The summed E-state index contributed by atoms with van der Waals surface area (Å²) in [7, 11) is 0. The molecule has 24 heteroatoms. The predicted molar refractivity (Wildman–Crippen MR) is 308 cm³/mol. The van der Waals surface area contributed by atoms with E-state index in [1.165, 1.54) is 36.8 Å². The Bertz CT molecular complexity index is 2950. The third kappa shape index (κ3) is 14.2. The summed E-state index contributed by atoms with van der Waals surface area (Å²) in [5.41, 5.74) is 7.68. The van der Waals surface area contributed by atoms with Crippen molar-refractivity contribution in [2.24, 2.45) is 39.4 Å². The number of pyridine rings is 4. The Morgan fingerprint density at radius 3 is 1.08 bits per heavy atom. The molecule has 4 spiro atoms. The van der Waals surface area contributed by atoms with Crippen LogP contribution in [0.1, 0.15) is 117 Å². The monoisotopic (exact) mass is 1140 g/mol. The van der Waals surface area contributed by atoms with E-state index < -0.39 is 14.8 Å². The van der Waals surface area contributed by atoms with Crippen molar-refractivity contribution < 1.29 is 38.6 Å². The minimum atomic E-state index is -0.443. The number of ether oxygens (including phenoxy) is 2. The molecule has 0 radical (unpaired) electrons. The van der Waals surface area contributed by atoms with Crippen molar-refractivity contribution in [3.05, 3.63) is 104 Å². The summed E-state index contributed by atoms with van der Waals surface area (Å²) in [6, 6.07) is 15.8. The lowest BCUT2D eigenvalue weighted by Gasteiger charge is -2.51. The van der Waals surface area contributed by atoms with Crippen molar-refractivity contribution in [2.45, 2.75) is 117 Å². The highest BCUT2D eigenvalue weighted by Gasteiger charge is 2.51. The molecule has 24 nitrogen and oxygen atoms in total. The van der Waals surface area contributed by atoms with Gasteiger partial charge in [0, 0.05) is 89.3 Å². The number of esters is 2. The largest absolute Gasteiger partial charge is 0.466 e. The SMILES string of the molecule is CCOC(=O)C1CC2(CCN(c3ccc(N)cn3)CC2)C1.CCOC(=O)C1CC2(CCN(c3ccc([N+](=O)[O-])cn3)CC2)C1.N#CC1CC2(CCN(c3ccc([N+](=O)[O-])cn3)CC2)C1.O=C1CC2(CCN(c3ccc([N+](=O)[O-])cn3)CC2)C1. The first-order valence-corrected chi connectivity index (χ1v) is 29.1. The van der Waals surface area contributed by atoms with Crippen molar-refractivity contribution >= 4 is 63.7 Å². The maximum atomic E-state index is 11.7. The molecule has 12 rings (SSSR count). The molecule has 0 bridgehead atoms. The molecule has 0 amide bonds. The quantitative estimate of drug-likeness (QED) is 0.0830. The second kappa shape index (κ2) is 25.6. The standard InChI is InChI=1S/C16H21N3O4.C16H23N3O2.C14H16N4O2.C13H15N3O3/c1-2-23-15(20)12-9-16(10-12)5-7-18(8-6-16)14-4-3-13(11-17-14)19(21)22;1-2-21-15(20)12-9-16(10-12)5-7-19(8-6-16)14-4-3-13(17)11-18-14;15-9-11-7-14(8-11)3-5-17(6-4-14)13-2-1-12(10-16-13)18(19)20;17-11-7-13(8-11)3-5-15(6-4-13)12-2-1-10(9-14-12)16(18)19/h3-4,11-12H,2,5-10H2,1H3;3-4,11-12H,2,5-10,17H2,1H3;1-2,10-11H,3-8H2;1-2,9H,3-8H2. The molecule has 83 heavy (non-hydrogen) atoms. The molecule has 8 heterocycles. The van der Waals surface area contributed by atoms with Crippen LogP contribution in [0, 0.1) is 81.1 Å². The van der Waals surface area contributed by atoms with E-state index in [9.17, 15) is 44.7 Å². The van der Waals surface area contributed by atoms with E-state index in [1.807, 2.05) is 26.0 Å². The Balaban J connectivity index is 0.000000133. The number of hydrogen-bond acceptors (Lipinski definition) is 21. The average Bonchev–Trinajstić information content (AvgIpc) is 2.85. The number of carbonyl (C=O) groups excluding carboxylic acids is 3. The Hall–Kier alpha value is -8.10. The number of piperidine rings is 4. The number of nitriles is 1. The van der Waals surface area contributed by atoms with Crippen LogP contribution in [0.25, 0.3) is 0 Å². The van der Waals surface area contributed by atoms with Crippen LogP contribution in [0.4, 0.5) is 46.0 Å². The van der Waals surface area contributed by atoms with Crippen LogP contribution in [-0.4, -0.2) is 118 Å². The first kappa shape index (κ1) is 59.5. The van der Waals surface area contributed by atoms with Crippen LogP contribution < -0.4 is 25.3 Å². The number of nitrogen functional groups attached to an aromatic ring is 1. The molecule has 4 saturated heterocycles. The highest BCUT2D eigenvalue weighted by Crippen LogP contribution is 2.55. The molecule has 4 aliphatic heterocycles. The van der Waals surface area contributed by atoms with Gasteiger partial charge in [-0.3, -0.25) is 44.7 Å². The first-order chi connectivity index (χ1) is 39.8. The number of ketones is 1. The molecule has 8 aliphatic rings. The smallest absolute Gasteiger partial charge is 0.308 e. The van der Waals surface area contributed by atoms with Crippen LogP contribution >= 0.6 is 0 Å². The summed E-state index contributed by atoms with van der Waals surface area (Å²) >= 11 is 0. The number of nitrogens with two attached hydrogens (primary N) is 1. The lowest BCUT2D eigenvalue weighted by Crippen LogP contribution is -2.49. The van der Waals surface area contributed by atoms with Gasteiger partial charge in [0.1, 0.15) is 47.6 Å². The Morgan fingerprint density at radius 2 is 0.831 bits per heavy atom. The van der Waals surface area contributed by atoms with Crippen molar-refractivity contribution in [2.75, 3.05) is 90.9 Å². The molecule has 4 aromatic rings. The minimum absolute atomic E-state index is 0.00856. The number of carbonyl (C=O) groups is 3. The third-order valence-corrected chi connectivity index (χ3v) is 18.8. The molecule has 0 unspecified atom stereocenters. The second-order valence-corrected chi connectivity index (χ2v) is 24.1. The molecule has 2 N–H and O–H groups in total. The normalized spacial score (nSPS) is 22.2. The van der Waals surface area contributed by atoms with Gasteiger partial charge in [-0.05, 0) is 156 Å². The zero-order valence-electron chi connectivity index (χ0n) is 47.5. The fourth-order valence-electron chi connectivity index (χ4n) is 13.7. The van der Waals surface area contributed by atoms with Crippen molar-refractivity contribution in [1.82, 2.24) is 19.9 Å². The van der Waals surface area contributed by atoms with Gasteiger partial charge in [0.2, 0.25) is 0 Å². The number of nitro groups is 3. The molecule has 0 atom stereocenters. The number of nitrogens with zero attached hydrogens (tertiary/aromatic N) is 12. The van der Waals surface area contributed by atoms with Gasteiger partial charge in [0.05, 0.1) is 57.8 Å². The van der Waals surface area contributed by atoms with Gasteiger partial charge < -0.3 is 34.8 Å². The summed E-state index contributed by atoms with van der Waals surface area (Å²) in [6.07, 6.45) is 21.5. The Morgan fingerprint density at radius 1 is 0.530 bits per heavy atom. The number of hydrogen-bond donors (Lipinski definition) is 1. The molecule has 4 aliphatic carbocycles. The van der Waals surface area contributed by atoms with Crippen LogP contribution in [-0.2, 0) is 23.9 Å². The maximum Gasteiger partial charge on any atom is 0.308 e. The van der Waals surface area contributed by atoms with Gasteiger partial charge in [-0.25, -0.2) is 19.9 Å². The zero-order valence-corrected chi connectivity index (χ0v) is 47.5. The molecule has 442 valence electrons. The predicted octanol–water partition coefficient (Wildman–Crippen LogP) is 9.22. The van der Waals surface area contributed by atoms with Crippen LogP contribution in [0.5, 0.6) is 0 Å². The van der Waals surface area contributed by atoms with Gasteiger partial charge in [0.25, 0.3) is 17.1 Å². The van der Waals surface area contributed by atoms with Crippen LogP contribution in [0.3, 0.4) is 0 Å². The lowest BCUT2D eigenvalue weighted by molar-refractivity contribution is -0.385. The highest BCUT2D eigenvalue weighted by atomic mass is 16.6. The Kier molecular flexibility index (Phi) is 18.3. The molecular formula is C59H75N13O11. The van der Waals surface area contributed by atoms with E-state index in [0.29, 0.717) is 35.5 Å². The van der Waals surface area contributed by atoms with Crippen LogP contribution in [0.2, 0.25) is 0 Å². The summed E-state index contributed by atoms with van der Waals surface area (Å²) in [5, 5.41) is 40.7. The lowest BCUT2D eigenvalue weighted by atomic mass is 9.57. The topological polar surface area (TPSA) is 313 Å². The first-order valence-electron chi connectivity index (χ1n) is 29.1. The number of Topliss-reactive ketones (excluding diaryl/α,β-unsaturated/α-hetero) is 1. The van der Waals surface area contributed by atoms with Gasteiger partial charge in [-0.1, -0.05) is 0 Å². The molecule has 8 fully saturated rings. The summed E-state index contributed by atoms with van der Waals surface area (Å²) in [5.74, 6) is 4.13. The van der Waals surface area contributed by atoms with Gasteiger partial charge >= 0.3 is 11.9 Å². The fourth-order valence-corrected chi connectivity index (χ4v) is 13.7. The zero-order chi connectivity index (χ0) is 58.9. The highest BCUT2D eigenvalue weighted by molar-refractivity contribution is 5.86. The molecular weight excluding hydrogens is 1070 g/mol. The van der Waals surface area contributed by atoms with Crippen molar-refractivity contribution in [3.8, 4) is 6.07 Å². The van der Waals surface area contributed by atoms with Gasteiger partial charge in [-0.2, -0.15) is 5.26 Å². The Labute approximate surface area is 482 Å². The third-order valence-electron chi connectivity index (χ3n) is 18.8. The van der Waals surface area contributed by atoms with Crippen molar-refractivity contribution in [3.63, 3.8) is 0 Å². The molecule has 4 saturated carbocycles. The van der Waals surface area contributed by atoms with E-state index in [-0.39, 0.29) is 57.6 Å². The van der Waals surface area contributed by atoms with E-state index in [4.69, 9.17) is 20.5 Å². The van der Waals surface area contributed by atoms with E-state index in [2.05, 4.69) is 45.6 Å². The number of rotatable bonds is 11. The average molecular weight is 1140 g/mol. The van der Waals surface area contributed by atoms with Gasteiger partial charge in [0.15, 0.2) is 0 Å². The summed E-state index contributed by atoms with van der Waals surface area (Å²) in [4.78, 5) is 90.8. The van der Waals surface area contributed by atoms with E-state index >= 15 is 0 Å². The summed E-state index contributed by atoms with van der Waals surface area (Å²) < 4.78 is 10.2. The van der Waals surface area contributed by atoms with E-state index in [1.54, 1.807) is 24.4 Å². The molecule has 4 aromatic heterocycles. The minimum Gasteiger partial charge on any atom is -0.466 e.